The van der Waals surface area contributed by atoms with E-state index >= 15 is 0 Å². The molecule has 4 heteroatoms. The number of carbonyl (C=O) groups excluding carboxylic acids is 1. The van der Waals surface area contributed by atoms with E-state index < -0.39 is 5.54 Å². The lowest BCUT2D eigenvalue weighted by molar-refractivity contribution is -0.151. The van der Waals surface area contributed by atoms with Crippen LogP contribution in [-0.4, -0.2) is 25.2 Å². The third-order valence-corrected chi connectivity index (χ3v) is 3.50. The van der Waals surface area contributed by atoms with Gasteiger partial charge in [0.05, 0.1) is 13.2 Å². The van der Waals surface area contributed by atoms with Crippen molar-refractivity contribution < 1.29 is 14.3 Å². The maximum Gasteiger partial charge on any atom is 0.330 e. The van der Waals surface area contributed by atoms with Gasteiger partial charge in [-0.15, -0.1) is 0 Å². The highest BCUT2D eigenvalue weighted by Gasteiger charge is 2.41. The van der Waals surface area contributed by atoms with Gasteiger partial charge in [-0.05, 0) is 51.3 Å². The molecule has 0 heterocycles. The Bertz CT molecular complexity index is 453. The monoisotopic (exact) mass is 277 g/mol. The summed E-state index contributed by atoms with van der Waals surface area (Å²) in [5, 5.41) is 3.40. The van der Waals surface area contributed by atoms with Gasteiger partial charge in [0, 0.05) is 6.04 Å². The summed E-state index contributed by atoms with van der Waals surface area (Å²) in [5.41, 5.74) is 0.119. The third-order valence-electron chi connectivity index (χ3n) is 3.50. The lowest BCUT2D eigenvalue weighted by Gasteiger charge is -2.29. The Balaban J connectivity index is 2.22. The number of carbonyl (C=O) groups is 1. The maximum atomic E-state index is 12.3. The Kier molecular flexibility index (Phi) is 4.65. The molecule has 2 rings (SSSR count). The summed E-state index contributed by atoms with van der Waals surface area (Å²) in [5.74, 6) is 0.588. The van der Waals surface area contributed by atoms with Gasteiger partial charge in [0.25, 0.3) is 0 Å². The molecule has 110 valence electrons. The Morgan fingerprint density at radius 3 is 2.40 bits per heavy atom. The predicted molar refractivity (Wildman–Crippen MR) is 77.8 cm³/mol. The van der Waals surface area contributed by atoms with Crippen LogP contribution in [-0.2, 0) is 15.1 Å². The molecule has 1 N–H and O–H groups in total. The van der Waals surface area contributed by atoms with Crippen LogP contribution in [0.1, 0.15) is 39.2 Å². The van der Waals surface area contributed by atoms with Gasteiger partial charge in [-0.25, -0.2) is 4.79 Å². The van der Waals surface area contributed by atoms with E-state index in [-0.39, 0.29) is 5.97 Å². The van der Waals surface area contributed by atoms with Gasteiger partial charge in [0.2, 0.25) is 0 Å². The average Bonchev–Trinajstić information content (AvgIpc) is 3.24. The number of benzene rings is 1. The molecule has 0 saturated heterocycles. The largest absolute Gasteiger partial charge is 0.494 e. The molecule has 1 aromatic carbocycles. The molecule has 1 atom stereocenters. The minimum absolute atomic E-state index is 0.226. The highest BCUT2D eigenvalue weighted by molar-refractivity contribution is 5.82. The van der Waals surface area contributed by atoms with Gasteiger partial charge in [0.15, 0.2) is 0 Å². The zero-order valence-electron chi connectivity index (χ0n) is 12.4. The summed E-state index contributed by atoms with van der Waals surface area (Å²) in [7, 11) is 0. The zero-order chi connectivity index (χ0) is 14.6. The number of nitrogens with one attached hydrogen (secondary N) is 1. The number of esters is 1. The van der Waals surface area contributed by atoms with Crippen molar-refractivity contribution in [3.63, 3.8) is 0 Å². The lowest BCUT2D eigenvalue weighted by atomic mass is 9.91. The van der Waals surface area contributed by atoms with E-state index in [4.69, 9.17) is 9.47 Å². The molecule has 0 bridgehead atoms. The molecule has 1 unspecified atom stereocenters. The summed E-state index contributed by atoms with van der Waals surface area (Å²) in [6, 6.07) is 8.06. The van der Waals surface area contributed by atoms with Gasteiger partial charge < -0.3 is 9.47 Å². The van der Waals surface area contributed by atoms with Crippen LogP contribution in [0.2, 0.25) is 0 Å². The van der Waals surface area contributed by atoms with E-state index in [1.807, 2.05) is 45.0 Å². The Labute approximate surface area is 120 Å². The maximum absolute atomic E-state index is 12.3. The first kappa shape index (κ1) is 14.9. The van der Waals surface area contributed by atoms with Crippen LogP contribution in [0.15, 0.2) is 24.3 Å². The summed E-state index contributed by atoms with van der Waals surface area (Å²) in [6.45, 7) is 6.69. The first-order chi connectivity index (χ1) is 9.60. The number of hydrogen-bond acceptors (Lipinski definition) is 4. The van der Waals surface area contributed by atoms with Crippen molar-refractivity contribution in [3.8, 4) is 5.75 Å². The molecule has 20 heavy (non-hydrogen) atoms. The fraction of sp³-hybridized carbons (Fsp3) is 0.562. The summed E-state index contributed by atoms with van der Waals surface area (Å²) in [6.07, 6.45) is 2.23. The smallest absolute Gasteiger partial charge is 0.330 e. The quantitative estimate of drug-likeness (QED) is 0.778. The van der Waals surface area contributed by atoms with Crippen molar-refractivity contribution in [2.24, 2.45) is 0 Å². The van der Waals surface area contributed by atoms with E-state index in [1.165, 1.54) is 0 Å². The molecule has 1 aliphatic carbocycles. The van der Waals surface area contributed by atoms with Crippen LogP contribution in [0.25, 0.3) is 0 Å². The van der Waals surface area contributed by atoms with E-state index in [2.05, 4.69) is 5.32 Å². The van der Waals surface area contributed by atoms with Crippen molar-refractivity contribution in [3.05, 3.63) is 29.8 Å². The molecule has 1 fully saturated rings. The van der Waals surface area contributed by atoms with Gasteiger partial charge in [-0.1, -0.05) is 12.1 Å². The summed E-state index contributed by atoms with van der Waals surface area (Å²) < 4.78 is 10.7. The van der Waals surface area contributed by atoms with Crippen LogP contribution < -0.4 is 10.1 Å². The predicted octanol–water partition coefficient (Wildman–Crippen LogP) is 2.62. The molecule has 4 nitrogen and oxygen atoms in total. The minimum atomic E-state index is -0.790. The van der Waals surface area contributed by atoms with E-state index in [0.29, 0.717) is 19.3 Å². The molecular weight excluding hydrogens is 254 g/mol. The fourth-order valence-electron chi connectivity index (χ4n) is 2.22. The van der Waals surface area contributed by atoms with E-state index in [1.54, 1.807) is 0 Å². The average molecular weight is 277 g/mol. The lowest BCUT2D eigenvalue weighted by Crippen LogP contribution is -2.48. The topological polar surface area (TPSA) is 47.6 Å². The first-order valence-electron chi connectivity index (χ1n) is 7.28. The second-order valence-electron chi connectivity index (χ2n) is 5.22. The molecule has 1 saturated carbocycles. The van der Waals surface area contributed by atoms with Crippen molar-refractivity contribution in [1.29, 1.82) is 0 Å². The zero-order valence-corrected chi connectivity index (χ0v) is 12.4. The van der Waals surface area contributed by atoms with Crippen LogP contribution in [0.4, 0.5) is 0 Å². The first-order valence-corrected chi connectivity index (χ1v) is 7.28. The van der Waals surface area contributed by atoms with Crippen molar-refractivity contribution >= 4 is 5.97 Å². The number of ether oxygens (including phenoxy) is 2. The highest BCUT2D eigenvalue weighted by atomic mass is 16.5. The summed E-state index contributed by atoms with van der Waals surface area (Å²) in [4.78, 5) is 12.3. The molecule has 1 aromatic rings. The Hall–Kier alpha value is -1.55. The van der Waals surface area contributed by atoms with Gasteiger partial charge >= 0.3 is 5.97 Å². The Morgan fingerprint density at radius 1 is 1.25 bits per heavy atom. The fourth-order valence-corrected chi connectivity index (χ4v) is 2.22. The molecule has 0 aliphatic heterocycles. The molecule has 0 amide bonds. The van der Waals surface area contributed by atoms with Gasteiger partial charge in [0.1, 0.15) is 11.3 Å². The molecular formula is C16H23NO3. The van der Waals surface area contributed by atoms with Crippen LogP contribution in [0.3, 0.4) is 0 Å². The number of hydrogen-bond donors (Lipinski definition) is 1. The standard InChI is InChI=1S/C16H23NO3/c1-4-19-14-10-6-12(7-11-14)16(3,15(18)20-5-2)17-13-8-9-13/h6-7,10-11,13,17H,4-5,8-9H2,1-3H3. The highest BCUT2D eigenvalue weighted by Crippen LogP contribution is 2.30. The third kappa shape index (κ3) is 3.31. The van der Waals surface area contributed by atoms with Crippen molar-refractivity contribution in [2.45, 2.75) is 45.2 Å². The molecule has 0 aromatic heterocycles. The minimum Gasteiger partial charge on any atom is -0.494 e. The molecule has 0 radical (unpaired) electrons. The SMILES string of the molecule is CCOC(=O)C(C)(NC1CC1)c1ccc(OCC)cc1. The van der Waals surface area contributed by atoms with Crippen molar-refractivity contribution in [1.82, 2.24) is 5.32 Å². The second-order valence-corrected chi connectivity index (χ2v) is 5.22. The van der Waals surface area contributed by atoms with Gasteiger partial charge in [-0.2, -0.15) is 0 Å². The normalized spacial score (nSPS) is 17.4. The van der Waals surface area contributed by atoms with Crippen LogP contribution in [0, 0.1) is 0 Å². The van der Waals surface area contributed by atoms with Crippen LogP contribution in [0.5, 0.6) is 5.75 Å². The molecule has 0 spiro atoms. The Morgan fingerprint density at radius 2 is 1.90 bits per heavy atom. The van der Waals surface area contributed by atoms with Crippen LogP contribution >= 0.6 is 0 Å². The second kappa shape index (κ2) is 6.27. The molecule has 1 aliphatic rings. The van der Waals surface area contributed by atoms with E-state index in [0.717, 1.165) is 24.2 Å². The van der Waals surface area contributed by atoms with Crippen molar-refractivity contribution in [2.75, 3.05) is 13.2 Å². The summed E-state index contributed by atoms with van der Waals surface area (Å²) >= 11 is 0. The number of rotatable bonds is 7. The van der Waals surface area contributed by atoms with Gasteiger partial charge in [-0.3, -0.25) is 5.32 Å². The van der Waals surface area contributed by atoms with E-state index in [9.17, 15) is 4.79 Å².